The molecule has 0 saturated heterocycles. The van der Waals surface area contributed by atoms with Gasteiger partial charge in [-0.05, 0) is 12.1 Å². The molecule has 9 nitrogen and oxygen atoms in total. The predicted molar refractivity (Wildman–Crippen MR) is 91.9 cm³/mol. The maximum absolute atomic E-state index is 12.3. The van der Waals surface area contributed by atoms with Crippen molar-refractivity contribution in [3.05, 3.63) is 79.7 Å². The highest BCUT2D eigenvalue weighted by Crippen LogP contribution is 2.23. The molecule has 132 valence electrons. The van der Waals surface area contributed by atoms with Crippen molar-refractivity contribution in [2.45, 2.75) is 6.54 Å². The molecule has 0 bridgehead atoms. The second kappa shape index (κ2) is 6.81. The number of aromatic nitrogens is 2. The summed E-state index contributed by atoms with van der Waals surface area (Å²) in [7, 11) is 0. The Morgan fingerprint density at radius 2 is 2.15 bits per heavy atom. The first-order valence-electron chi connectivity index (χ1n) is 7.24. The van der Waals surface area contributed by atoms with Gasteiger partial charge in [0.2, 0.25) is 5.89 Å². The van der Waals surface area contributed by atoms with Crippen LogP contribution in [-0.2, 0) is 6.54 Å². The van der Waals surface area contributed by atoms with Gasteiger partial charge in [-0.1, -0.05) is 23.7 Å². The van der Waals surface area contributed by atoms with Crippen LogP contribution in [0, 0.1) is 10.1 Å². The maximum atomic E-state index is 12.3. The summed E-state index contributed by atoms with van der Waals surface area (Å²) in [4.78, 5) is 37.9. The van der Waals surface area contributed by atoms with Crippen LogP contribution < -0.4 is 11.3 Å². The molecule has 3 rings (SSSR count). The molecule has 26 heavy (non-hydrogen) atoms. The number of amides is 1. The molecule has 3 aromatic rings. The lowest BCUT2D eigenvalue weighted by Crippen LogP contribution is -2.30. The van der Waals surface area contributed by atoms with E-state index in [1.807, 2.05) is 0 Å². The zero-order valence-corrected chi connectivity index (χ0v) is 13.8. The monoisotopic (exact) mass is 374 g/mol. The van der Waals surface area contributed by atoms with Crippen molar-refractivity contribution in [2.24, 2.45) is 5.73 Å². The Labute approximate surface area is 150 Å². The molecule has 1 aromatic carbocycles. The fourth-order valence-electron chi connectivity index (χ4n) is 2.32. The molecule has 2 N–H and O–H groups in total. The first-order valence-corrected chi connectivity index (χ1v) is 7.62. The summed E-state index contributed by atoms with van der Waals surface area (Å²) in [6.45, 7) is -0.207. The molecule has 0 radical (unpaired) electrons. The molecule has 0 unspecified atom stereocenters. The number of nitro groups is 1. The highest BCUT2D eigenvalue weighted by Gasteiger charge is 2.18. The van der Waals surface area contributed by atoms with Gasteiger partial charge in [-0.3, -0.25) is 24.3 Å². The molecule has 0 atom stereocenters. The topological polar surface area (TPSA) is 134 Å². The molecule has 0 fully saturated rings. The number of primary amides is 1. The summed E-state index contributed by atoms with van der Waals surface area (Å²) in [6.07, 6.45) is 2.44. The van der Waals surface area contributed by atoms with E-state index >= 15 is 0 Å². The summed E-state index contributed by atoms with van der Waals surface area (Å²) in [5, 5.41) is 11.5. The Balaban J connectivity index is 1.98. The number of carbonyl (C=O) groups is 1. The molecule has 0 aliphatic heterocycles. The Hall–Kier alpha value is -3.46. The molecular weight excluding hydrogens is 364 g/mol. The van der Waals surface area contributed by atoms with Crippen LogP contribution in [0.5, 0.6) is 0 Å². The minimum Gasteiger partial charge on any atom is -0.439 e. The number of rotatable bonds is 5. The van der Waals surface area contributed by atoms with Crippen molar-refractivity contribution in [1.29, 1.82) is 0 Å². The highest BCUT2D eigenvalue weighted by molar-refractivity contribution is 6.30. The van der Waals surface area contributed by atoms with E-state index in [0.29, 0.717) is 16.3 Å². The van der Waals surface area contributed by atoms with Crippen LogP contribution in [0.1, 0.15) is 16.2 Å². The van der Waals surface area contributed by atoms with Gasteiger partial charge in [-0.25, -0.2) is 4.98 Å². The number of oxazole rings is 1. The zero-order valence-electron chi connectivity index (χ0n) is 13.1. The molecule has 2 heterocycles. The first kappa shape index (κ1) is 17.4. The third kappa shape index (κ3) is 3.47. The molecule has 1 amide bonds. The van der Waals surface area contributed by atoms with Gasteiger partial charge in [0.25, 0.3) is 17.2 Å². The maximum Gasteiger partial charge on any atom is 0.286 e. The van der Waals surface area contributed by atoms with E-state index in [4.69, 9.17) is 21.8 Å². The van der Waals surface area contributed by atoms with E-state index in [2.05, 4.69) is 4.98 Å². The van der Waals surface area contributed by atoms with Crippen molar-refractivity contribution in [2.75, 3.05) is 0 Å². The highest BCUT2D eigenvalue weighted by atomic mass is 35.5. The first-order chi connectivity index (χ1) is 12.3. The van der Waals surface area contributed by atoms with Crippen LogP contribution >= 0.6 is 11.6 Å². The second-order valence-electron chi connectivity index (χ2n) is 5.29. The minimum atomic E-state index is -1.06. The van der Waals surface area contributed by atoms with Crippen molar-refractivity contribution < 1.29 is 14.1 Å². The lowest BCUT2D eigenvalue weighted by molar-refractivity contribution is -0.385. The molecule has 0 spiro atoms. The van der Waals surface area contributed by atoms with Crippen molar-refractivity contribution in [3.63, 3.8) is 0 Å². The smallest absolute Gasteiger partial charge is 0.286 e. The third-order valence-electron chi connectivity index (χ3n) is 3.52. The van der Waals surface area contributed by atoms with Gasteiger partial charge in [0.05, 0.1) is 17.3 Å². The summed E-state index contributed by atoms with van der Waals surface area (Å²) < 4.78 is 6.52. The number of nitrogens with two attached hydrogens (primary N) is 1. The fraction of sp³-hybridized carbons (Fsp3) is 0.0625. The number of carbonyl (C=O) groups excluding carboxylic acids is 1. The van der Waals surface area contributed by atoms with E-state index in [1.54, 1.807) is 24.3 Å². The SMILES string of the molecule is NC(=O)c1cc([N+](=O)[O-])cn(Cc2ncc(-c3cccc(Cl)c3)o2)c1=O. The molecular formula is C16H11ClN4O5. The van der Waals surface area contributed by atoms with Crippen LogP contribution in [0.25, 0.3) is 11.3 Å². The van der Waals surface area contributed by atoms with Crippen molar-refractivity contribution in [1.82, 2.24) is 9.55 Å². The number of pyridine rings is 1. The van der Waals surface area contributed by atoms with Gasteiger partial charge in [-0.2, -0.15) is 0 Å². The number of benzene rings is 1. The van der Waals surface area contributed by atoms with Crippen LogP contribution in [-0.4, -0.2) is 20.4 Å². The Morgan fingerprint density at radius 3 is 2.81 bits per heavy atom. The third-order valence-corrected chi connectivity index (χ3v) is 3.75. The Kier molecular flexibility index (Phi) is 4.55. The van der Waals surface area contributed by atoms with Crippen molar-refractivity contribution >= 4 is 23.2 Å². The number of halogens is 1. The van der Waals surface area contributed by atoms with E-state index in [-0.39, 0.29) is 12.4 Å². The second-order valence-corrected chi connectivity index (χ2v) is 5.73. The van der Waals surface area contributed by atoms with Gasteiger partial charge in [-0.15, -0.1) is 0 Å². The van der Waals surface area contributed by atoms with E-state index in [1.165, 1.54) is 6.20 Å². The molecule has 0 saturated carbocycles. The van der Waals surface area contributed by atoms with Gasteiger partial charge in [0.15, 0.2) is 5.76 Å². The summed E-state index contributed by atoms with van der Waals surface area (Å²) in [6, 6.07) is 7.73. The zero-order chi connectivity index (χ0) is 18.8. The van der Waals surface area contributed by atoms with Crippen LogP contribution in [0.2, 0.25) is 5.02 Å². The van der Waals surface area contributed by atoms with E-state index < -0.39 is 27.6 Å². The molecule has 0 aliphatic rings. The molecule has 2 aromatic heterocycles. The number of nitrogens with zero attached hydrogens (tertiary/aromatic N) is 3. The summed E-state index contributed by atoms with van der Waals surface area (Å²) in [5.41, 5.74) is 4.09. The largest absolute Gasteiger partial charge is 0.439 e. The summed E-state index contributed by atoms with van der Waals surface area (Å²) in [5.74, 6) is -0.520. The van der Waals surface area contributed by atoms with Gasteiger partial charge in [0, 0.05) is 16.7 Å². The van der Waals surface area contributed by atoms with Gasteiger partial charge < -0.3 is 10.2 Å². The molecule has 10 heteroatoms. The lowest BCUT2D eigenvalue weighted by Gasteiger charge is -2.05. The standard InChI is InChI=1S/C16H11ClN4O5/c17-10-3-1-2-9(4-10)13-6-19-14(26-13)8-20-7-11(21(24)25)5-12(15(18)22)16(20)23/h1-7H,8H2,(H2,18,22). The van der Waals surface area contributed by atoms with Crippen LogP contribution in [0.4, 0.5) is 5.69 Å². The number of hydrogen-bond acceptors (Lipinski definition) is 6. The van der Waals surface area contributed by atoms with Crippen molar-refractivity contribution in [3.8, 4) is 11.3 Å². The normalized spacial score (nSPS) is 10.7. The fourth-order valence-corrected chi connectivity index (χ4v) is 2.51. The quantitative estimate of drug-likeness (QED) is 0.537. The van der Waals surface area contributed by atoms with Crippen LogP contribution in [0.3, 0.4) is 0 Å². The average Bonchev–Trinajstić information content (AvgIpc) is 3.04. The van der Waals surface area contributed by atoms with E-state index in [9.17, 15) is 19.7 Å². The molecule has 0 aliphatic carbocycles. The van der Waals surface area contributed by atoms with Gasteiger partial charge in [0.1, 0.15) is 12.1 Å². The Morgan fingerprint density at radius 1 is 1.38 bits per heavy atom. The number of hydrogen-bond donors (Lipinski definition) is 1. The van der Waals surface area contributed by atoms with E-state index in [0.717, 1.165) is 16.8 Å². The lowest BCUT2D eigenvalue weighted by atomic mass is 10.2. The Bertz CT molecular complexity index is 1070. The minimum absolute atomic E-state index is 0.123. The average molecular weight is 375 g/mol. The van der Waals surface area contributed by atoms with Gasteiger partial charge >= 0.3 is 0 Å². The van der Waals surface area contributed by atoms with Crippen LogP contribution in [0.15, 0.2) is 51.9 Å². The predicted octanol–water partition coefficient (Wildman–Crippen LogP) is 2.21. The summed E-state index contributed by atoms with van der Waals surface area (Å²) >= 11 is 5.93.